The molecule has 13 heteroatoms. The van der Waals surface area contributed by atoms with Crippen LogP contribution in [0.4, 0.5) is 13.2 Å². The molecule has 3 saturated heterocycles. The van der Waals surface area contributed by atoms with Gasteiger partial charge in [0.25, 0.3) is 0 Å². The second-order valence-electron chi connectivity index (χ2n) is 7.97. The van der Waals surface area contributed by atoms with E-state index >= 15 is 0 Å². The summed E-state index contributed by atoms with van der Waals surface area (Å²) in [6, 6.07) is 3.27. The Bertz CT molecular complexity index is 873. The zero-order valence-electron chi connectivity index (χ0n) is 17.2. The van der Waals surface area contributed by atoms with Crippen molar-refractivity contribution in [1.82, 2.24) is 9.29 Å². The lowest BCUT2D eigenvalue weighted by Crippen LogP contribution is -2.60. The molecule has 0 aromatic carbocycles. The van der Waals surface area contributed by atoms with Gasteiger partial charge in [0, 0.05) is 55.8 Å². The van der Waals surface area contributed by atoms with Crippen molar-refractivity contribution in [3.05, 3.63) is 24.5 Å². The first kappa shape index (κ1) is 25.2. The molecule has 1 N–H and O–H groups in total. The number of carbonyl (C=O) groups is 1. The second kappa shape index (κ2) is 10.2. The fraction of sp³-hybridized carbons (Fsp3) is 0.684. The van der Waals surface area contributed by atoms with Crippen LogP contribution >= 0.6 is 11.8 Å². The Kier molecular flexibility index (Phi) is 8.07. The van der Waals surface area contributed by atoms with E-state index in [9.17, 15) is 21.6 Å². The van der Waals surface area contributed by atoms with E-state index in [0.717, 1.165) is 44.8 Å². The van der Waals surface area contributed by atoms with Gasteiger partial charge in [0.2, 0.25) is 10.0 Å². The molecule has 4 rings (SSSR count). The quantitative estimate of drug-likeness (QED) is 0.660. The summed E-state index contributed by atoms with van der Waals surface area (Å²) in [7, 11) is -3.41. The van der Waals surface area contributed by atoms with Gasteiger partial charge in [-0.15, -0.1) is 11.8 Å². The predicted molar refractivity (Wildman–Crippen MR) is 110 cm³/mol. The van der Waals surface area contributed by atoms with Crippen molar-refractivity contribution in [2.75, 3.05) is 38.7 Å². The molecule has 0 aliphatic carbocycles. The number of carboxylic acids is 1. The van der Waals surface area contributed by atoms with Crippen LogP contribution in [0, 0.1) is 5.92 Å². The van der Waals surface area contributed by atoms with E-state index in [0.29, 0.717) is 19.0 Å². The molecule has 180 valence electrons. The van der Waals surface area contributed by atoms with Crippen LogP contribution in [0.5, 0.6) is 0 Å². The summed E-state index contributed by atoms with van der Waals surface area (Å²) in [4.78, 5) is 13.1. The zero-order valence-corrected chi connectivity index (χ0v) is 18.8. The lowest BCUT2D eigenvalue weighted by atomic mass is 9.95. The van der Waals surface area contributed by atoms with Gasteiger partial charge in [-0.25, -0.2) is 13.2 Å². The fourth-order valence-corrected chi connectivity index (χ4v) is 7.02. The lowest BCUT2D eigenvalue weighted by molar-refractivity contribution is -0.192. The van der Waals surface area contributed by atoms with Crippen molar-refractivity contribution in [2.24, 2.45) is 5.92 Å². The summed E-state index contributed by atoms with van der Waals surface area (Å²) in [5.41, 5.74) is 0. The number of aliphatic carboxylic acids is 1. The molecule has 3 aliphatic heterocycles. The number of pyridine rings is 1. The van der Waals surface area contributed by atoms with Crippen molar-refractivity contribution in [2.45, 2.75) is 41.2 Å². The molecule has 1 atom stereocenters. The normalized spacial score (nSPS) is 23.9. The SMILES string of the molecule is O=C(O)C(F)(F)F.O=S(=O)(c1cccnc1)N1CC2(CC(OCC3CCOCC3)CS2)C1. The maximum Gasteiger partial charge on any atom is 0.490 e. The van der Waals surface area contributed by atoms with Gasteiger partial charge in [0.15, 0.2) is 0 Å². The number of aromatic nitrogens is 1. The number of alkyl halides is 3. The van der Waals surface area contributed by atoms with Gasteiger partial charge in [-0.1, -0.05) is 0 Å². The number of halogens is 3. The highest BCUT2D eigenvalue weighted by atomic mass is 32.2. The Hall–Kier alpha value is -1.41. The third-order valence-corrected chi connectivity index (χ3v) is 8.88. The van der Waals surface area contributed by atoms with Gasteiger partial charge in [-0.05, 0) is 37.3 Å². The molecular formula is C19H25F3N2O6S2. The first-order valence-electron chi connectivity index (χ1n) is 10.1. The van der Waals surface area contributed by atoms with Crippen molar-refractivity contribution in [3.63, 3.8) is 0 Å². The molecule has 0 saturated carbocycles. The van der Waals surface area contributed by atoms with Gasteiger partial charge in [-0.2, -0.15) is 17.5 Å². The number of hydrogen-bond donors (Lipinski definition) is 1. The number of nitrogens with zero attached hydrogens (tertiary/aromatic N) is 2. The third-order valence-electron chi connectivity index (χ3n) is 5.53. The van der Waals surface area contributed by atoms with Crippen molar-refractivity contribution < 1.29 is 41.0 Å². The van der Waals surface area contributed by atoms with E-state index in [-0.39, 0.29) is 15.7 Å². The molecule has 3 aliphatic rings. The van der Waals surface area contributed by atoms with Gasteiger partial charge in [0.1, 0.15) is 4.90 Å². The maximum absolute atomic E-state index is 12.6. The summed E-state index contributed by atoms with van der Waals surface area (Å²) >= 11 is 1.87. The van der Waals surface area contributed by atoms with Gasteiger partial charge in [-0.3, -0.25) is 4.98 Å². The molecule has 8 nitrogen and oxygen atoms in total. The first-order chi connectivity index (χ1) is 15.0. The lowest BCUT2D eigenvalue weighted by Gasteiger charge is -2.46. The van der Waals surface area contributed by atoms with E-state index in [1.54, 1.807) is 22.6 Å². The van der Waals surface area contributed by atoms with Gasteiger partial charge >= 0.3 is 12.1 Å². The number of sulfonamides is 1. The van der Waals surface area contributed by atoms with Crippen LogP contribution in [-0.4, -0.2) is 84.5 Å². The molecule has 0 amide bonds. The summed E-state index contributed by atoms with van der Waals surface area (Å²) < 4.78 is 70.1. The minimum absolute atomic E-state index is 0.0373. The van der Waals surface area contributed by atoms with Crippen LogP contribution in [0.15, 0.2) is 29.4 Å². The molecule has 0 bridgehead atoms. The number of hydrogen-bond acceptors (Lipinski definition) is 7. The van der Waals surface area contributed by atoms with Crippen molar-refractivity contribution >= 4 is 27.8 Å². The Labute approximate surface area is 188 Å². The zero-order chi connectivity index (χ0) is 23.4. The highest BCUT2D eigenvalue weighted by Crippen LogP contribution is 2.47. The second-order valence-corrected chi connectivity index (χ2v) is 11.4. The first-order valence-corrected chi connectivity index (χ1v) is 12.5. The Morgan fingerprint density at radius 1 is 1.34 bits per heavy atom. The van der Waals surface area contributed by atoms with Crippen LogP contribution in [-0.2, 0) is 24.3 Å². The molecule has 1 aromatic heterocycles. The maximum atomic E-state index is 12.6. The Morgan fingerprint density at radius 2 is 2.00 bits per heavy atom. The third kappa shape index (κ3) is 6.34. The van der Waals surface area contributed by atoms with E-state index in [1.165, 1.54) is 6.20 Å². The van der Waals surface area contributed by atoms with E-state index in [2.05, 4.69) is 4.98 Å². The Balaban J connectivity index is 0.000000360. The average Bonchev–Trinajstić information content (AvgIpc) is 3.17. The van der Waals surface area contributed by atoms with E-state index < -0.39 is 22.2 Å². The number of thioether (sulfide) groups is 1. The number of carboxylic acid groups (broad SMARTS) is 1. The summed E-state index contributed by atoms with van der Waals surface area (Å²) in [6.45, 7) is 3.65. The number of rotatable bonds is 5. The summed E-state index contributed by atoms with van der Waals surface area (Å²) in [5, 5.41) is 7.12. The standard InChI is InChI=1S/C17H24N2O4S2.C2HF3O2/c20-25(21,16-2-1-5-18-9-16)19-12-17(13-19)8-15(11-24-17)23-10-14-3-6-22-7-4-14;3-2(4,5)1(6)7/h1-2,5,9,14-15H,3-4,6-8,10-13H2;(H,6,7). The van der Waals surface area contributed by atoms with Crippen molar-refractivity contribution in [3.8, 4) is 0 Å². The highest BCUT2D eigenvalue weighted by Gasteiger charge is 2.53. The van der Waals surface area contributed by atoms with Gasteiger partial charge in [0.05, 0.1) is 6.10 Å². The number of ether oxygens (including phenoxy) is 2. The molecule has 0 radical (unpaired) electrons. The van der Waals surface area contributed by atoms with E-state index in [4.69, 9.17) is 19.4 Å². The largest absolute Gasteiger partial charge is 0.490 e. The monoisotopic (exact) mass is 498 g/mol. The molecule has 1 aromatic rings. The summed E-state index contributed by atoms with van der Waals surface area (Å²) in [5.74, 6) is -1.18. The molecule has 32 heavy (non-hydrogen) atoms. The van der Waals surface area contributed by atoms with Crippen LogP contribution in [0.25, 0.3) is 0 Å². The fourth-order valence-electron chi connectivity index (χ4n) is 3.73. The summed E-state index contributed by atoms with van der Waals surface area (Å²) in [6.07, 6.45) is 1.28. The minimum Gasteiger partial charge on any atom is -0.475 e. The van der Waals surface area contributed by atoms with Crippen LogP contribution in [0.2, 0.25) is 0 Å². The molecular weight excluding hydrogens is 473 g/mol. The molecule has 3 fully saturated rings. The van der Waals surface area contributed by atoms with Crippen molar-refractivity contribution in [1.29, 1.82) is 0 Å². The minimum atomic E-state index is -5.08. The van der Waals surface area contributed by atoms with Crippen LogP contribution in [0.3, 0.4) is 0 Å². The Morgan fingerprint density at radius 3 is 2.56 bits per heavy atom. The molecule has 1 unspecified atom stereocenters. The van der Waals surface area contributed by atoms with Crippen LogP contribution < -0.4 is 0 Å². The average molecular weight is 499 g/mol. The smallest absolute Gasteiger partial charge is 0.475 e. The molecule has 4 heterocycles. The van der Waals surface area contributed by atoms with E-state index in [1.807, 2.05) is 11.8 Å². The predicted octanol–water partition coefficient (Wildman–Crippen LogP) is 2.41. The van der Waals surface area contributed by atoms with Gasteiger partial charge < -0.3 is 14.6 Å². The van der Waals surface area contributed by atoms with Crippen LogP contribution in [0.1, 0.15) is 19.3 Å². The molecule has 1 spiro atoms. The highest BCUT2D eigenvalue weighted by molar-refractivity contribution is 8.01. The topological polar surface area (TPSA) is 106 Å².